The van der Waals surface area contributed by atoms with E-state index in [-0.39, 0.29) is 30.0 Å². The van der Waals surface area contributed by atoms with Crippen LogP contribution in [-0.4, -0.2) is 58.1 Å². The molecule has 0 aliphatic carbocycles. The molecule has 2 heterocycles. The molecule has 0 bridgehead atoms. The predicted octanol–water partition coefficient (Wildman–Crippen LogP) is 2.80. The van der Waals surface area contributed by atoms with Crippen LogP contribution in [0.2, 0.25) is 0 Å². The van der Waals surface area contributed by atoms with Gasteiger partial charge < -0.3 is 15.5 Å². The summed E-state index contributed by atoms with van der Waals surface area (Å²) in [6.07, 6.45) is 1.57. The molecule has 178 valence electrons. The van der Waals surface area contributed by atoms with Gasteiger partial charge in [-0.05, 0) is 36.8 Å². The van der Waals surface area contributed by atoms with Crippen LogP contribution >= 0.6 is 22.6 Å². The number of hydrogen-bond donors (Lipinski definition) is 2. The van der Waals surface area contributed by atoms with Crippen LogP contribution in [-0.2, 0) is 22.2 Å². The van der Waals surface area contributed by atoms with Gasteiger partial charge in [0.25, 0.3) is 11.8 Å². The Morgan fingerprint density at radius 1 is 1.15 bits per heavy atom. The second kappa shape index (κ2) is 10.7. The summed E-state index contributed by atoms with van der Waals surface area (Å²) in [7, 11) is 1.62. The third kappa shape index (κ3) is 5.74. The molecule has 1 aromatic heterocycles. The van der Waals surface area contributed by atoms with Crippen molar-refractivity contribution in [2.75, 3.05) is 20.1 Å². The van der Waals surface area contributed by atoms with E-state index >= 15 is 0 Å². The number of likely N-dealkylation sites (N-methyl/N-ethyl adjacent to an activating group) is 1. The number of benzene rings is 1. The lowest BCUT2D eigenvalue weighted by Crippen LogP contribution is -2.62. The van der Waals surface area contributed by atoms with Crippen molar-refractivity contribution in [2.24, 2.45) is 5.92 Å². The third-order valence-corrected chi connectivity index (χ3v) is 6.99. The number of carbonyl (C=O) groups is 3. The quantitative estimate of drug-likeness (QED) is 0.361. The Labute approximate surface area is 208 Å². The molecular weight excluding hydrogens is 533 g/mol. The maximum absolute atomic E-state index is 13.0. The summed E-state index contributed by atoms with van der Waals surface area (Å²) in [5, 5.41) is 10.2. The second-order valence-corrected chi connectivity index (χ2v) is 9.87. The molecule has 8 nitrogen and oxygen atoms in total. The van der Waals surface area contributed by atoms with E-state index in [4.69, 9.17) is 0 Å². The van der Waals surface area contributed by atoms with Gasteiger partial charge in [-0.25, -0.2) is 0 Å². The van der Waals surface area contributed by atoms with Gasteiger partial charge in [-0.3, -0.25) is 19.1 Å². The lowest BCUT2D eigenvalue weighted by atomic mass is 9.95. The van der Waals surface area contributed by atoms with E-state index in [1.807, 2.05) is 0 Å². The lowest BCUT2D eigenvalue weighted by molar-refractivity contribution is -0.132. The second-order valence-electron chi connectivity index (χ2n) is 9.10. The van der Waals surface area contributed by atoms with Crippen molar-refractivity contribution in [3.8, 4) is 0 Å². The van der Waals surface area contributed by atoms with Crippen LogP contribution in [0.1, 0.15) is 59.3 Å². The number of amides is 3. The van der Waals surface area contributed by atoms with Crippen LogP contribution in [0.5, 0.6) is 0 Å². The third-order valence-electron chi connectivity index (χ3n) is 6.11. The fourth-order valence-electron chi connectivity index (χ4n) is 3.71. The summed E-state index contributed by atoms with van der Waals surface area (Å²) in [4.78, 5) is 39.9. The molecule has 1 aliphatic rings. The van der Waals surface area contributed by atoms with Crippen LogP contribution in [0.3, 0.4) is 0 Å². The number of rotatable bonds is 9. The highest BCUT2D eigenvalue weighted by molar-refractivity contribution is 14.1. The Morgan fingerprint density at radius 3 is 2.45 bits per heavy atom. The smallest absolute Gasteiger partial charge is 0.272 e. The molecule has 0 saturated carbocycles. The fraction of sp³-hybridized carbons (Fsp3) is 0.500. The average molecular weight is 565 g/mol. The molecule has 3 rings (SSSR count). The van der Waals surface area contributed by atoms with Crippen LogP contribution < -0.4 is 10.6 Å². The first-order valence-electron chi connectivity index (χ1n) is 11.2. The van der Waals surface area contributed by atoms with Crippen molar-refractivity contribution in [1.82, 2.24) is 25.3 Å². The normalized spacial score (nSPS) is 17.8. The van der Waals surface area contributed by atoms with Crippen LogP contribution in [0.15, 0.2) is 30.3 Å². The van der Waals surface area contributed by atoms with Gasteiger partial charge in [0.05, 0.1) is 6.54 Å². The summed E-state index contributed by atoms with van der Waals surface area (Å²) < 4.78 is 2.44. The minimum Gasteiger partial charge on any atom is -0.354 e. The van der Waals surface area contributed by atoms with Crippen molar-refractivity contribution in [3.05, 3.63) is 52.8 Å². The van der Waals surface area contributed by atoms with E-state index in [1.165, 1.54) is 21.2 Å². The Morgan fingerprint density at radius 2 is 1.82 bits per heavy atom. The predicted molar refractivity (Wildman–Crippen MR) is 135 cm³/mol. The number of alkyl halides is 1. The highest BCUT2D eigenvalue weighted by Crippen LogP contribution is 2.26. The maximum atomic E-state index is 13.0. The molecule has 1 atom stereocenters. The van der Waals surface area contributed by atoms with E-state index in [0.717, 1.165) is 16.4 Å². The lowest BCUT2D eigenvalue weighted by Gasteiger charge is -2.40. The highest BCUT2D eigenvalue weighted by Gasteiger charge is 2.46. The molecule has 1 unspecified atom stereocenters. The van der Waals surface area contributed by atoms with E-state index in [0.29, 0.717) is 31.1 Å². The zero-order valence-corrected chi connectivity index (χ0v) is 21.8. The molecule has 0 spiro atoms. The molecule has 33 heavy (non-hydrogen) atoms. The SMILES string of the molecule is CC(C)CCNC(=O)C1(C)Cn2nc(C(=O)NCCc3ccc(CI)cc3)cc2C(=O)N1C. The summed E-state index contributed by atoms with van der Waals surface area (Å²) in [5.74, 6) is -0.415. The fourth-order valence-corrected chi connectivity index (χ4v) is 4.22. The van der Waals surface area contributed by atoms with Crippen molar-refractivity contribution in [2.45, 2.75) is 50.1 Å². The van der Waals surface area contributed by atoms with Gasteiger partial charge in [-0.2, -0.15) is 5.10 Å². The number of nitrogens with one attached hydrogen (secondary N) is 2. The standard InChI is InChI=1S/C24H32IN5O3/c1-16(2)9-11-27-23(33)24(3)15-30-20(22(32)29(24)4)13-19(28-30)21(31)26-12-10-17-5-7-18(14-25)8-6-17/h5-8,13,16H,9-12,14-15H2,1-4H3,(H,26,31)(H,27,33). The first-order valence-corrected chi connectivity index (χ1v) is 12.7. The van der Waals surface area contributed by atoms with Gasteiger partial charge in [-0.15, -0.1) is 0 Å². The maximum Gasteiger partial charge on any atom is 0.272 e. The van der Waals surface area contributed by atoms with Gasteiger partial charge in [0, 0.05) is 30.6 Å². The van der Waals surface area contributed by atoms with Crippen molar-refractivity contribution >= 4 is 40.3 Å². The Balaban J connectivity index is 1.64. The average Bonchev–Trinajstić information content (AvgIpc) is 3.21. The van der Waals surface area contributed by atoms with Gasteiger partial charge >= 0.3 is 0 Å². The number of halogens is 1. The van der Waals surface area contributed by atoms with Gasteiger partial charge in [0.2, 0.25) is 5.91 Å². The van der Waals surface area contributed by atoms with Crippen molar-refractivity contribution < 1.29 is 14.4 Å². The first-order chi connectivity index (χ1) is 15.7. The van der Waals surface area contributed by atoms with Crippen LogP contribution in [0, 0.1) is 5.92 Å². The zero-order chi connectivity index (χ0) is 24.2. The monoisotopic (exact) mass is 565 g/mol. The van der Waals surface area contributed by atoms with Crippen LogP contribution in [0.4, 0.5) is 0 Å². The largest absolute Gasteiger partial charge is 0.354 e. The summed E-state index contributed by atoms with van der Waals surface area (Å²) >= 11 is 2.33. The number of aromatic nitrogens is 2. The first kappa shape index (κ1) is 25.2. The zero-order valence-electron chi connectivity index (χ0n) is 19.7. The minimum absolute atomic E-state index is 0.177. The Hall–Kier alpha value is -2.43. The molecule has 0 fully saturated rings. The van der Waals surface area contributed by atoms with Crippen molar-refractivity contribution in [3.63, 3.8) is 0 Å². The van der Waals surface area contributed by atoms with Gasteiger partial charge in [0.1, 0.15) is 11.2 Å². The summed E-state index contributed by atoms with van der Waals surface area (Å²) in [6.45, 7) is 7.11. The number of nitrogens with zero attached hydrogens (tertiary/aromatic N) is 3. The molecule has 1 aromatic carbocycles. The molecule has 1 aliphatic heterocycles. The van der Waals surface area contributed by atoms with Crippen molar-refractivity contribution in [1.29, 1.82) is 0 Å². The molecule has 0 saturated heterocycles. The van der Waals surface area contributed by atoms with Gasteiger partial charge in [-0.1, -0.05) is 60.7 Å². The Bertz CT molecular complexity index is 1020. The summed E-state index contributed by atoms with van der Waals surface area (Å²) in [5.41, 5.74) is 1.82. The topological polar surface area (TPSA) is 96.3 Å². The van der Waals surface area contributed by atoms with E-state index in [9.17, 15) is 14.4 Å². The molecular formula is C24H32IN5O3. The van der Waals surface area contributed by atoms with Gasteiger partial charge in [0.15, 0.2) is 5.69 Å². The summed E-state index contributed by atoms with van der Waals surface area (Å²) in [6, 6.07) is 9.81. The molecule has 3 amide bonds. The van der Waals surface area contributed by atoms with Crippen LogP contribution in [0.25, 0.3) is 0 Å². The Kier molecular flexibility index (Phi) is 8.14. The highest BCUT2D eigenvalue weighted by atomic mass is 127. The number of fused-ring (bicyclic) bond motifs is 1. The molecule has 0 radical (unpaired) electrons. The molecule has 9 heteroatoms. The minimum atomic E-state index is -1.08. The number of hydrogen-bond acceptors (Lipinski definition) is 4. The molecule has 2 aromatic rings. The van der Waals surface area contributed by atoms with E-state index in [1.54, 1.807) is 14.0 Å². The van der Waals surface area contributed by atoms with E-state index < -0.39 is 5.54 Å². The molecule has 2 N–H and O–H groups in total. The number of carbonyl (C=O) groups excluding carboxylic acids is 3. The van der Waals surface area contributed by atoms with E-state index in [2.05, 4.69) is 76.4 Å².